The van der Waals surface area contributed by atoms with Crippen molar-refractivity contribution in [3.63, 3.8) is 0 Å². The van der Waals surface area contributed by atoms with Gasteiger partial charge in [-0.25, -0.2) is 0 Å². The number of nitrogens with one attached hydrogen (secondary N) is 1. The smallest absolute Gasteiger partial charge is 0.0588 e. The van der Waals surface area contributed by atoms with Crippen LogP contribution in [0.2, 0.25) is 5.02 Å². The summed E-state index contributed by atoms with van der Waals surface area (Å²) in [6, 6.07) is 16.0. The lowest BCUT2D eigenvalue weighted by atomic mass is 9.98. The van der Waals surface area contributed by atoms with Crippen molar-refractivity contribution in [2.75, 3.05) is 17.6 Å². The lowest BCUT2D eigenvalue weighted by Gasteiger charge is -2.14. The number of benzene rings is 2. The standard InChI is InChI=1S/C16H19ClN2/c1-12(13-5-3-2-4-6-13)9-10-19-16-11-14(17)7-8-15(16)18/h2-8,11-12,19H,9-10,18H2,1H3. The third-order valence-corrected chi connectivity index (χ3v) is 3.51. The highest BCUT2D eigenvalue weighted by atomic mass is 35.5. The summed E-state index contributed by atoms with van der Waals surface area (Å²) in [5.74, 6) is 0.522. The van der Waals surface area contributed by atoms with E-state index in [0.717, 1.165) is 24.3 Å². The fourth-order valence-corrected chi connectivity index (χ4v) is 2.23. The van der Waals surface area contributed by atoms with Gasteiger partial charge < -0.3 is 11.1 Å². The Morgan fingerprint density at radius 2 is 1.89 bits per heavy atom. The first-order chi connectivity index (χ1) is 9.16. The molecular formula is C16H19ClN2. The van der Waals surface area contributed by atoms with Crippen molar-refractivity contribution in [2.24, 2.45) is 0 Å². The summed E-state index contributed by atoms with van der Waals surface area (Å²) in [5.41, 5.74) is 8.90. The third-order valence-electron chi connectivity index (χ3n) is 3.28. The Labute approximate surface area is 119 Å². The summed E-state index contributed by atoms with van der Waals surface area (Å²) in [6.45, 7) is 3.11. The van der Waals surface area contributed by atoms with Gasteiger partial charge in [-0.2, -0.15) is 0 Å². The van der Waals surface area contributed by atoms with Gasteiger partial charge in [0.15, 0.2) is 0 Å². The molecular weight excluding hydrogens is 256 g/mol. The van der Waals surface area contributed by atoms with Crippen LogP contribution in [0.4, 0.5) is 11.4 Å². The molecule has 0 heterocycles. The maximum absolute atomic E-state index is 5.96. The third kappa shape index (κ3) is 3.90. The van der Waals surface area contributed by atoms with Crippen LogP contribution in [-0.2, 0) is 0 Å². The second-order valence-corrected chi connectivity index (χ2v) is 5.20. The van der Waals surface area contributed by atoms with Crippen molar-refractivity contribution < 1.29 is 0 Å². The number of anilines is 2. The highest BCUT2D eigenvalue weighted by Crippen LogP contribution is 2.24. The van der Waals surface area contributed by atoms with Crippen molar-refractivity contribution in [1.29, 1.82) is 0 Å². The Balaban J connectivity index is 1.88. The zero-order valence-corrected chi connectivity index (χ0v) is 11.8. The first-order valence-corrected chi connectivity index (χ1v) is 6.88. The molecule has 1 unspecified atom stereocenters. The molecule has 0 aromatic heterocycles. The molecule has 2 aromatic rings. The molecule has 19 heavy (non-hydrogen) atoms. The van der Waals surface area contributed by atoms with Crippen LogP contribution < -0.4 is 11.1 Å². The summed E-state index contributed by atoms with van der Waals surface area (Å²) in [5, 5.41) is 4.05. The van der Waals surface area contributed by atoms with Crippen molar-refractivity contribution in [3.05, 3.63) is 59.1 Å². The molecule has 0 saturated heterocycles. The molecule has 0 amide bonds. The summed E-state index contributed by atoms with van der Waals surface area (Å²) >= 11 is 5.96. The topological polar surface area (TPSA) is 38.0 Å². The molecule has 0 spiro atoms. The predicted molar refractivity (Wildman–Crippen MR) is 83.8 cm³/mol. The van der Waals surface area contributed by atoms with Gasteiger partial charge in [0.25, 0.3) is 0 Å². The van der Waals surface area contributed by atoms with Crippen LogP contribution in [0.3, 0.4) is 0 Å². The highest BCUT2D eigenvalue weighted by Gasteiger charge is 2.05. The van der Waals surface area contributed by atoms with Crippen molar-refractivity contribution in [1.82, 2.24) is 0 Å². The van der Waals surface area contributed by atoms with E-state index in [1.807, 2.05) is 18.2 Å². The van der Waals surface area contributed by atoms with Gasteiger partial charge in [-0.1, -0.05) is 48.9 Å². The van der Waals surface area contributed by atoms with E-state index >= 15 is 0 Å². The number of nitrogens with two attached hydrogens (primary N) is 1. The molecule has 100 valence electrons. The van der Waals surface area contributed by atoms with E-state index in [-0.39, 0.29) is 0 Å². The Hall–Kier alpha value is -1.67. The zero-order valence-electron chi connectivity index (χ0n) is 11.1. The second kappa shape index (κ2) is 6.48. The van der Waals surface area contributed by atoms with E-state index in [2.05, 4.69) is 36.5 Å². The fraction of sp³-hybridized carbons (Fsp3) is 0.250. The van der Waals surface area contributed by atoms with Crippen molar-refractivity contribution in [3.8, 4) is 0 Å². The van der Waals surface area contributed by atoms with Crippen molar-refractivity contribution >= 4 is 23.0 Å². The SMILES string of the molecule is CC(CCNc1cc(Cl)ccc1N)c1ccccc1. The van der Waals surface area contributed by atoms with Gasteiger partial charge in [0.05, 0.1) is 11.4 Å². The monoisotopic (exact) mass is 274 g/mol. The minimum absolute atomic E-state index is 0.522. The molecule has 3 N–H and O–H groups in total. The number of rotatable bonds is 5. The second-order valence-electron chi connectivity index (χ2n) is 4.76. The van der Waals surface area contributed by atoms with Crippen LogP contribution in [0.15, 0.2) is 48.5 Å². The minimum Gasteiger partial charge on any atom is -0.397 e. The van der Waals surface area contributed by atoms with Gasteiger partial charge in [-0.15, -0.1) is 0 Å². The normalized spacial score (nSPS) is 12.1. The summed E-state index contributed by atoms with van der Waals surface area (Å²) in [6.07, 6.45) is 1.05. The van der Waals surface area contributed by atoms with Gasteiger partial charge in [0.1, 0.15) is 0 Å². The largest absolute Gasteiger partial charge is 0.397 e. The minimum atomic E-state index is 0.522. The highest BCUT2D eigenvalue weighted by molar-refractivity contribution is 6.31. The van der Waals surface area contributed by atoms with E-state index < -0.39 is 0 Å². The quantitative estimate of drug-likeness (QED) is 0.786. The summed E-state index contributed by atoms with van der Waals surface area (Å²) in [4.78, 5) is 0. The molecule has 1 atom stereocenters. The lowest BCUT2D eigenvalue weighted by molar-refractivity contribution is 0.706. The van der Waals surface area contributed by atoms with Gasteiger partial charge in [0, 0.05) is 11.6 Å². The molecule has 0 fully saturated rings. The average Bonchev–Trinajstić information content (AvgIpc) is 2.43. The molecule has 2 rings (SSSR count). The number of hydrogen-bond donors (Lipinski definition) is 2. The molecule has 0 saturated carbocycles. The number of nitrogen functional groups attached to an aromatic ring is 1. The van der Waals surface area contributed by atoms with E-state index in [1.165, 1.54) is 5.56 Å². The van der Waals surface area contributed by atoms with Crippen LogP contribution >= 0.6 is 11.6 Å². The predicted octanol–water partition coefficient (Wildman–Crippen LogP) is 4.53. The summed E-state index contributed by atoms with van der Waals surface area (Å²) in [7, 11) is 0. The Morgan fingerprint density at radius 1 is 1.16 bits per heavy atom. The number of hydrogen-bond acceptors (Lipinski definition) is 2. The zero-order chi connectivity index (χ0) is 13.7. The van der Waals surface area contributed by atoms with Crippen LogP contribution in [0.25, 0.3) is 0 Å². The van der Waals surface area contributed by atoms with Crippen LogP contribution in [0.5, 0.6) is 0 Å². The molecule has 0 aliphatic rings. The van der Waals surface area contributed by atoms with E-state index in [4.69, 9.17) is 17.3 Å². The van der Waals surface area contributed by atoms with Crippen molar-refractivity contribution in [2.45, 2.75) is 19.3 Å². The van der Waals surface area contributed by atoms with Gasteiger partial charge in [0.2, 0.25) is 0 Å². The van der Waals surface area contributed by atoms with Crippen LogP contribution in [0.1, 0.15) is 24.8 Å². The average molecular weight is 275 g/mol. The van der Waals surface area contributed by atoms with E-state index in [0.29, 0.717) is 10.9 Å². The molecule has 0 aliphatic heterocycles. The van der Waals surface area contributed by atoms with E-state index in [9.17, 15) is 0 Å². The Bertz CT molecular complexity index is 526. The van der Waals surface area contributed by atoms with Crippen LogP contribution in [0, 0.1) is 0 Å². The molecule has 2 nitrogen and oxygen atoms in total. The lowest BCUT2D eigenvalue weighted by Crippen LogP contribution is -2.07. The maximum atomic E-state index is 5.96. The van der Waals surface area contributed by atoms with E-state index in [1.54, 1.807) is 6.07 Å². The molecule has 3 heteroatoms. The first-order valence-electron chi connectivity index (χ1n) is 6.50. The molecule has 0 bridgehead atoms. The van der Waals surface area contributed by atoms with Gasteiger partial charge >= 0.3 is 0 Å². The maximum Gasteiger partial charge on any atom is 0.0588 e. The number of halogens is 1. The van der Waals surface area contributed by atoms with Crippen LogP contribution in [-0.4, -0.2) is 6.54 Å². The molecule has 2 aromatic carbocycles. The molecule has 0 radical (unpaired) electrons. The fourth-order valence-electron chi connectivity index (χ4n) is 2.05. The Morgan fingerprint density at radius 3 is 2.63 bits per heavy atom. The Kier molecular flexibility index (Phi) is 4.69. The van der Waals surface area contributed by atoms with Gasteiger partial charge in [-0.05, 0) is 36.1 Å². The summed E-state index contributed by atoms with van der Waals surface area (Å²) < 4.78 is 0. The molecule has 0 aliphatic carbocycles. The van der Waals surface area contributed by atoms with Gasteiger partial charge in [-0.3, -0.25) is 0 Å². The first kappa shape index (κ1) is 13.8.